The molecular formula is C22H29F2N7O2. The Morgan fingerprint density at radius 1 is 1.30 bits per heavy atom. The Morgan fingerprint density at radius 2 is 2.09 bits per heavy atom. The van der Waals surface area contributed by atoms with Gasteiger partial charge in [-0.05, 0) is 30.5 Å². The number of hydrogen-bond acceptors (Lipinski definition) is 8. The monoisotopic (exact) mass is 461 g/mol. The maximum atomic E-state index is 12.4. The number of rotatable bonds is 13. The number of aryl methyl sites for hydroxylation is 1. The summed E-state index contributed by atoms with van der Waals surface area (Å²) in [7, 11) is 0. The van der Waals surface area contributed by atoms with Gasteiger partial charge in [0.15, 0.2) is 0 Å². The number of halogens is 2. The van der Waals surface area contributed by atoms with Crippen LogP contribution in [0.4, 0.5) is 20.5 Å². The van der Waals surface area contributed by atoms with Crippen molar-refractivity contribution in [2.24, 2.45) is 5.92 Å². The van der Waals surface area contributed by atoms with Gasteiger partial charge in [0.2, 0.25) is 11.9 Å². The van der Waals surface area contributed by atoms with Crippen LogP contribution in [0.15, 0.2) is 42.4 Å². The number of nitrogens with one attached hydrogen (secondary N) is 5. The molecule has 0 bridgehead atoms. The van der Waals surface area contributed by atoms with Gasteiger partial charge in [-0.1, -0.05) is 26.0 Å². The smallest absolute Gasteiger partial charge is 0.387 e. The summed E-state index contributed by atoms with van der Waals surface area (Å²) >= 11 is 0. The van der Waals surface area contributed by atoms with E-state index in [9.17, 15) is 13.6 Å². The van der Waals surface area contributed by atoms with E-state index in [0.717, 1.165) is 17.3 Å². The molecule has 1 aromatic heterocycles. The van der Waals surface area contributed by atoms with Crippen molar-refractivity contribution < 1.29 is 18.3 Å². The number of nitrogens with zero attached hydrogens (tertiary/aromatic N) is 2. The second kappa shape index (κ2) is 12.9. The largest absolute Gasteiger partial charge is 0.435 e. The maximum Gasteiger partial charge on any atom is 0.387 e. The maximum absolute atomic E-state index is 12.4. The SMILES string of the molecule is Cc1cnc(N/C(C=N)=C/NCC(=O)NCC(C)C)nc1NCc1cccc(OC(F)F)c1. The number of carbonyl (C=O) groups excluding carboxylic acids is 1. The van der Waals surface area contributed by atoms with E-state index < -0.39 is 6.61 Å². The summed E-state index contributed by atoms with van der Waals surface area (Å²) in [5.74, 6) is 1.08. The van der Waals surface area contributed by atoms with Crippen LogP contribution in [-0.2, 0) is 11.3 Å². The summed E-state index contributed by atoms with van der Waals surface area (Å²) in [6.45, 7) is 3.96. The van der Waals surface area contributed by atoms with E-state index in [1.807, 2.05) is 20.8 Å². The number of allylic oxidation sites excluding steroid dienone is 1. The van der Waals surface area contributed by atoms with Crippen LogP contribution in [0, 0.1) is 18.3 Å². The molecule has 0 fully saturated rings. The summed E-state index contributed by atoms with van der Waals surface area (Å²) < 4.78 is 29.2. The fraction of sp³-hybridized carbons (Fsp3) is 0.364. The molecule has 0 spiro atoms. The Hall–Kier alpha value is -3.76. The van der Waals surface area contributed by atoms with E-state index in [2.05, 4.69) is 36.0 Å². The number of anilines is 2. The molecule has 5 N–H and O–H groups in total. The Kier molecular flexibility index (Phi) is 10.00. The molecule has 2 rings (SSSR count). The van der Waals surface area contributed by atoms with E-state index in [1.165, 1.54) is 18.3 Å². The summed E-state index contributed by atoms with van der Waals surface area (Å²) in [6, 6.07) is 6.39. The van der Waals surface area contributed by atoms with Crippen molar-refractivity contribution in [3.05, 3.63) is 53.5 Å². The Bertz CT molecular complexity index is 968. The van der Waals surface area contributed by atoms with Crippen molar-refractivity contribution >= 4 is 23.9 Å². The number of amides is 1. The molecule has 0 radical (unpaired) electrons. The van der Waals surface area contributed by atoms with Gasteiger partial charge < -0.3 is 31.4 Å². The second-order valence-corrected chi connectivity index (χ2v) is 7.55. The molecule has 0 aliphatic heterocycles. The fourth-order valence-electron chi connectivity index (χ4n) is 2.58. The third-order valence-corrected chi connectivity index (χ3v) is 4.19. The minimum absolute atomic E-state index is 0.0711. The van der Waals surface area contributed by atoms with Crippen LogP contribution in [-0.4, -0.2) is 41.8 Å². The molecule has 33 heavy (non-hydrogen) atoms. The van der Waals surface area contributed by atoms with Gasteiger partial charge in [0.25, 0.3) is 0 Å². The summed E-state index contributed by atoms with van der Waals surface area (Å²) in [5.41, 5.74) is 1.87. The number of ether oxygens (including phenoxy) is 1. The molecule has 0 saturated heterocycles. The summed E-state index contributed by atoms with van der Waals surface area (Å²) in [6.07, 6.45) is 4.18. The second-order valence-electron chi connectivity index (χ2n) is 7.55. The van der Waals surface area contributed by atoms with E-state index >= 15 is 0 Å². The third-order valence-electron chi connectivity index (χ3n) is 4.19. The van der Waals surface area contributed by atoms with Gasteiger partial charge in [-0.15, -0.1) is 0 Å². The Labute approximate surface area is 191 Å². The normalized spacial score (nSPS) is 11.3. The molecule has 11 heteroatoms. The van der Waals surface area contributed by atoms with Crippen LogP contribution in [0.2, 0.25) is 0 Å². The first kappa shape index (κ1) is 25.5. The number of hydrogen-bond donors (Lipinski definition) is 5. The minimum Gasteiger partial charge on any atom is -0.435 e. The van der Waals surface area contributed by atoms with Gasteiger partial charge in [-0.25, -0.2) is 4.98 Å². The lowest BCUT2D eigenvalue weighted by molar-refractivity contribution is -0.120. The molecule has 0 atom stereocenters. The number of carbonyl (C=O) groups is 1. The zero-order valence-electron chi connectivity index (χ0n) is 18.8. The fourth-order valence-corrected chi connectivity index (χ4v) is 2.58. The Balaban J connectivity index is 1.96. The highest BCUT2D eigenvalue weighted by Crippen LogP contribution is 2.18. The lowest BCUT2D eigenvalue weighted by Gasteiger charge is -2.12. The molecule has 0 saturated carbocycles. The van der Waals surface area contributed by atoms with Crippen molar-refractivity contribution in [2.45, 2.75) is 33.9 Å². The van der Waals surface area contributed by atoms with Crippen LogP contribution >= 0.6 is 0 Å². The number of aromatic nitrogens is 2. The number of benzene rings is 1. The summed E-state index contributed by atoms with van der Waals surface area (Å²) in [5, 5.41) is 19.2. The molecule has 0 unspecified atom stereocenters. The lowest BCUT2D eigenvalue weighted by Crippen LogP contribution is -2.34. The average molecular weight is 462 g/mol. The predicted molar refractivity (Wildman–Crippen MR) is 124 cm³/mol. The molecule has 0 aliphatic carbocycles. The quantitative estimate of drug-likeness (QED) is 0.290. The van der Waals surface area contributed by atoms with Crippen molar-refractivity contribution in [3.63, 3.8) is 0 Å². The van der Waals surface area contributed by atoms with Crippen LogP contribution in [0.3, 0.4) is 0 Å². The van der Waals surface area contributed by atoms with Crippen LogP contribution in [0.1, 0.15) is 25.0 Å². The van der Waals surface area contributed by atoms with E-state index in [1.54, 1.807) is 18.3 Å². The zero-order valence-corrected chi connectivity index (χ0v) is 18.8. The molecule has 178 valence electrons. The minimum atomic E-state index is -2.88. The highest BCUT2D eigenvalue weighted by atomic mass is 19.3. The van der Waals surface area contributed by atoms with Crippen LogP contribution in [0.25, 0.3) is 0 Å². The average Bonchev–Trinajstić information content (AvgIpc) is 2.77. The standard InChI is InChI=1S/C22H29F2N7O2/c1-14(2)9-27-19(32)13-26-12-17(8-25)30-22-29-10-15(3)20(31-22)28-11-16-5-4-6-18(7-16)33-21(23)24/h4-8,10,12,14,21,25-26H,9,11,13H2,1-3H3,(H,27,32)(H2,28,29,30,31)/b17-12+,25-8?. The zero-order chi connectivity index (χ0) is 24.2. The van der Waals surface area contributed by atoms with Gasteiger partial charge in [-0.2, -0.15) is 13.8 Å². The highest BCUT2D eigenvalue weighted by molar-refractivity contribution is 5.81. The van der Waals surface area contributed by atoms with Gasteiger partial charge in [0.05, 0.1) is 12.2 Å². The van der Waals surface area contributed by atoms with Crippen LogP contribution in [0.5, 0.6) is 5.75 Å². The lowest BCUT2D eigenvalue weighted by atomic mass is 10.2. The molecule has 2 aromatic rings. The van der Waals surface area contributed by atoms with Gasteiger partial charge in [-0.3, -0.25) is 4.79 Å². The topological polar surface area (TPSA) is 124 Å². The highest BCUT2D eigenvalue weighted by Gasteiger charge is 2.08. The first-order valence-electron chi connectivity index (χ1n) is 10.4. The molecule has 1 amide bonds. The van der Waals surface area contributed by atoms with Crippen LogP contribution < -0.4 is 26.0 Å². The molecule has 1 aromatic carbocycles. The van der Waals surface area contributed by atoms with Crippen molar-refractivity contribution in [3.8, 4) is 5.75 Å². The predicted octanol–water partition coefficient (Wildman–Crippen LogP) is 3.26. The van der Waals surface area contributed by atoms with Gasteiger partial charge in [0, 0.05) is 37.3 Å². The first-order chi connectivity index (χ1) is 15.8. The first-order valence-corrected chi connectivity index (χ1v) is 10.4. The molecular weight excluding hydrogens is 432 g/mol. The molecule has 9 nitrogen and oxygen atoms in total. The van der Waals surface area contributed by atoms with E-state index in [-0.39, 0.29) is 24.1 Å². The third kappa shape index (κ3) is 9.50. The van der Waals surface area contributed by atoms with Crippen molar-refractivity contribution in [1.82, 2.24) is 20.6 Å². The van der Waals surface area contributed by atoms with Gasteiger partial charge >= 0.3 is 6.61 Å². The van der Waals surface area contributed by atoms with Gasteiger partial charge in [0.1, 0.15) is 11.6 Å². The Morgan fingerprint density at radius 3 is 2.79 bits per heavy atom. The van der Waals surface area contributed by atoms with Crippen molar-refractivity contribution in [2.75, 3.05) is 23.7 Å². The van der Waals surface area contributed by atoms with Crippen molar-refractivity contribution in [1.29, 1.82) is 5.41 Å². The number of alkyl halides is 2. The molecule has 1 heterocycles. The van der Waals surface area contributed by atoms with E-state index in [4.69, 9.17) is 5.41 Å². The molecule has 0 aliphatic rings. The van der Waals surface area contributed by atoms with E-state index in [0.29, 0.717) is 30.5 Å². The summed E-state index contributed by atoms with van der Waals surface area (Å²) in [4.78, 5) is 20.4.